The fourth-order valence-corrected chi connectivity index (χ4v) is 3.83. The number of H-pyrrole nitrogens is 1. The van der Waals surface area contributed by atoms with E-state index in [2.05, 4.69) is 14.7 Å². The number of thiocarbonyl (C=S) groups is 1. The van der Waals surface area contributed by atoms with Gasteiger partial charge >= 0.3 is 0 Å². The van der Waals surface area contributed by atoms with E-state index in [-0.39, 0.29) is 15.7 Å². The van der Waals surface area contributed by atoms with Gasteiger partial charge in [0.2, 0.25) is 10.0 Å². The standard InChI is InChI=1S/C10H12N4O2S3/c11-10(17)7-1-2-9(18-7)19(15,16)14-4-3-8-12-5-6-13-8/h1-2,5-6,14H,3-4H2,(H2,11,17)(H,12,13). The van der Waals surface area contributed by atoms with Crippen LogP contribution in [-0.2, 0) is 16.4 Å². The van der Waals surface area contributed by atoms with Gasteiger partial charge in [0.25, 0.3) is 0 Å². The Morgan fingerprint density at radius 1 is 1.53 bits per heavy atom. The molecule has 6 nitrogen and oxygen atoms in total. The molecule has 0 saturated heterocycles. The molecule has 0 bridgehead atoms. The lowest BCUT2D eigenvalue weighted by Gasteiger charge is -2.03. The number of hydrogen-bond acceptors (Lipinski definition) is 5. The first-order valence-electron chi connectivity index (χ1n) is 5.36. The average Bonchev–Trinajstić information content (AvgIpc) is 2.99. The predicted octanol–water partition coefficient (Wildman–Crippen LogP) is 0.626. The van der Waals surface area contributed by atoms with Gasteiger partial charge in [-0.2, -0.15) is 0 Å². The summed E-state index contributed by atoms with van der Waals surface area (Å²) in [7, 11) is -3.51. The Morgan fingerprint density at radius 3 is 2.89 bits per heavy atom. The van der Waals surface area contributed by atoms with E-state index in [1.165, 1.54) is 6.07 Å². The van der Waals surface area contributed by atoms with E-state index in [0.29, 0.717) is 11.3 Å². The van der Waals surface area contributed by atoms with Gasteiger partial charge < -0.3 is 10.7 Å². The maximum atomic E-state index is 12.0. The van der Waals surface area contributed by atoms with E-state index < -0.39 is 10.0 Å². The van der Waals surface area contributed by atoms with Crippen molar-refractivity contribution in [2.24, 2.45) is 5.73 Å². The number of nitrogens with one attached hydrogen (secondary N) is 2. The van der Waals surface area contributed by atoms with Gasteiger partial charge in [-0.05, 0) is 12.1 Å². The Morgan fingerprint density at radius 2 is 2.32 bits per heavy atom. The molecule has 19 heavy (non-hydrogen) atoms. The highest BCUT2D eigenvalue weighted by Gasteiger charge is 2.17. The number of hydrogen-bond donors (Lipinski definition) is 3. The van der Waals surface area contributed by atoms with Crippen molar-refractivity contribution in [1.29, 1.82) is 0 Å². The molecule has 0 aliphatic carbocycles. The molecular formula is C10H12N4O2S3. The first-order valence-corrected chi connectivity index (χ1v) is 8.07. The third-order valence-corrected chi connectivity index (χ3v) is 5.72. The van der Waals surface area contributed by atoms with E-state index in [0.717, 1.165) is 17.2 Å². The lowest BCUT2D eigenvalue weighted by Crippen LogP contribution is -2.25. The SMILES string of the molecule is NC(=S)c1ccc(S(=O)(=O)NCCc2ncc[nH]2)s1. The number of nitrogens with two attached hydrogens (primary N) is 1. The summed E-state index contributed by atoms with van der Waals surface area (Å²) in [6, 6.07) is 3.10. The molecule has 0 fully saturated rings. The second-order valence-corrected chi connectivity index (χ2v) is 7.18. The van der Waals surface area contributed by atoms with Crippen molar-refractivity contribution in [2.75, 3.05) is 6.54 Å². The zero-order chi connectivity index (χ0) is 13.9. The van der Waals surface area contributed by atoms with E-state index in [1.807, 2.05) is 0 Å². The fraction of sp³-hybridized carbons (Fsp3) is 0.200. The number of imidazole rings is 1. The van der Waals surface area contributed by atoms with Crippen LogP contribution < -0.4 is 10.5 Å². The fourth-order valence-electron chi connectivity index (χ4n) is 1.41. The Labute approximate surface area is 120 Å². The molecule has 0 atom stereocenters. The molecule has 4 N–H and O–H groups in total. The summed E-state index contributed by atoms with van der Waals surface area (Å²) in [5.74, 6) is 0.734. The maximum Gasteiger partial charge on any atom is 0.250 e. The van der Waals surface area contributed by atoms with Crippen LogP contribution in [-0.4, -0.2) is 29.9 Å². The monoisotopic (exact) mass is 316 g/mol. The van der Waals surface area contributed by atoms with Crippen LogP contribution in [0.5, 0.6) is 0 Å². The number of thiophene rings is 1. The predicted molar refractivity (Wildman–Crippen MR) is 77.7 cm³/mol. The first kappa shape index (κ1) is 14.1. The summed E-state index contributed by atoms with van der Waals surface area (Å²) in [6.45, 7) is 0.274. The Kier molecular flexibility index (Phi) is 4.30. The van der Waals surface area contributed by atoms with Crippen molar-refractivity contribution < 1.29 is 8.42 Å². The van der Waals surface area contributed by atoms with Gasteiger partial charge in [0.05, 0.1) is 4.88 Å². The van der Waals surface area contributed by atoms with Crippen molar-refractivity contribution in [1.82, 2.24) is 14.7 Å². The van der Waals surface area contributed by atoms with Crippen LogP contribution in [0.15, 0.2) is 28.7 Å². The van der Waals surface area contributed by atoms with Gasteiger partial charge in [0, 0.05) is 25.4 Å². The Balaban J connectivity index is 1.99. The highest BCUT2D eigenvalue weighted by atomic mass is 32.2. The van der Waals surface area contributed by atoms with Crippen molar-refractivity contribution in [3.63, 3.8) is 0 Å². The molecule has 2 rings (SSSR count). The van der Waals surface area contributed by atoms with E-state index in [9.17, 15) is 8.42 Å². The smallest absolute Gasteiger partial charge is 0.250 e. The lowest BCUT2D eigenvalue weighted by molar-refractivity contribution is 0.583. The molecule has 0 unspecified atom stereocenters. The lowest BCUT2D eigenvalue weighted by atomic mass is 10.4. The highest BCUT2D eigenvalue weighted by molar-refractivity contribution is 7.91. The van der Waals surface area contributed by atoms with Crippen molar-refractivity contribution in [3.05, 3.63) is 35.2 Å². The van der Waals surface area contributed by atoms with E-state index in [4.69, 9.17) is 18.0 Å². The van der Waals surface area contributed by atoms with E-state index in [1.54, 1.807) is 18.5 Å². The maximum absolute atomic E-state index is 12.0. The second-order valence-electron chi connectivity index (χ2n) is 3.67. The summed E-state index contributed by atoms with van der Waals surface area (Å²) >= 11 is 5.86. The van der Waals surface area contributed by atoms with Crippen molar-refractivity contribution in [3.8, 4) is 0 Å². The molecular weight excluding hydrogens is 304 g/mol. The van der Waals surface area contributed by atoms with Crippen LogP contribution in [0.25, 0.3) is 0 Å². The quantitative estimate of drug-likeness (QED) is 0.679. The van der Waals surface area contributed by atoms with Crippen LogP contribution in [0.1, 0.15) is 10.7 Å². The van der Waals surface area contributed by atoms with Crippen molar-refractivity contribution >= 4 is 38.6 Å². The number of rotatable bonds is 6. The number of sulfonamides is 1. The van der Waals surface area contributed by atoms with Gasteiger partial charge in [0.1, 0.15) is 15.0 Å². The van der Waals surface area contributed by atoms with Gasteiger partial charge in [0.15, 0.2) is 0 Å². The van der Waals surface area contributed by atoms with E-state index >= 15 is 0 Å². The molecule has 0 saturated carbocycles. The van der Waals surface area contributed by atoms with Gasteiger partial charge in [-0.15, -0.1) is 11.3 Å². The number of aromatic amines is 1. The third-order valence-electron chi connectivity index (χ3n) is 2.30. The van der Waals surface area contributed by atoms with Crippen LogP contribution in [0.2, 0.25) is 0 Å². The Bertz CT molecular complexity index is 661. The zero-order valence-corrected chi connectivity index (χ0v) is 12.2. The Hall–Kier alpha value is -1.29. The summed E-state index contributed by atoms with van der Waals surface area (Å²) in [4.78, 5) is 7.70. The topological polar surface area (TPSA) is 101 Å². The van der Waals surface area contributed by atoms with Crippen LogP contribution in [0.3, 0.4) is 0 Å². The molecule has 0 amide bonds. The largest absolute Gasteiger partial charge is 0.389 e. The van der Waals surface area contributed by atoms with Gasteiger partial charge in [-0.3, -0.25) is 0 Å². The van der Waals surface area contributed by atoms with Crippen LogP contribution >= 0.6 is 23.6 Å². The molecule has 0 radical (unpaired) electrons. The molecule has 0 spiro atoms. The minimum absolute atomic E-state index is 0.196. The van der Waals surface area contributed by atoms with Crippen molar-refractivity contribution in [2.45, 2.75) is 10.6 Å². The summed E-state index contributed by atoms with van der Waals surface area (Å²) in [5.41, 5.74) is 5.45. The summed E-state index contributed by atoms with van der Waals surface area (Å²) in [6.07, 6.45) is 3.81. The highest BCUT2D eigenvalue weighted by Crippen LogP contribution is 2.21. The third kappa shape index (κ3) is 3.60. The summed E-state index contributed by atoms with van der Waals surface area (Å²) in [5, 5.41) is 0. The van der Waals surface area contributed by atoms with Gasteiger partial charge in [-0.25, -0.2) is 18.1 Å². The van der Waals surface area contributed by atoms with Crippen LogP contribution in [0, 0.1) is 0 Å². The molecule has 2 heterocycles. The molecule has 0 aromatic carbocycles. The number of aromatic nitrogens is 2. The molecule has 0 aliphatic heterocycles. The average molecular weight is 316 g/mol. The second kappa shape index (κ2) is 5.78. The number of nitrogens with zero attached hydrogens (tertiary/aromatic N) is 1. The molecule has 0 aliphatic rings. The molecule has 2 aromatic rings. The zero-order valence-electron chi connectivity index (χ0n) is 9.79. The minimum Gasteiger partial charge on any atom is -0.389 e. The molecule has 9 heteroatoms. The molecule has 2 aromatic heterocycles. The summed E-state index contributed by atoms with van der Waals surface area (Å²) < 4.78 is 26.7. The van der Waals surface area contributed by atoms with Crippen LogP contribution in [0.4, 0.5) is 0 Å². The molecule has 102 valence electrons. The van der Waals surface area contributed by atoms with Gasteiger partial charge in [-0.1, -0.05) is 12.2 Å². The normalized spacial score (nSPS) is 11.6. The minimum atomic E-state index is -3.51. The first-order chi connectivity index (χ1) is 8.99.